The second kappa shape index (κ2) is 4.98. The number of carbonyl (C=O) groups is 1. The molecular weight excluding hydrogens is 180 g/mol. The smallest absolute Gasteiger partial charge is 0.221 e. The maximum atomic E-state index is 10.8. The number of hydrazine groups is 1. The van der Waals surface area contributed by atoms with Gasteiger partial charge in [0, 0.05) is 12.6 Å². The minimum absolute atomic E-state index is 0.108. The van der Waals surface area contributed by atoms with Gasteiger partial charge in [-0.05, 0) is 18.2 Å². The molecule has 5 nitrogen and oxygen atoms in total. The summed E-state index contributed by atoms with van der Waals surface area (Å²) in [5, 5.41) is 2.66. The molecule has 0 bridgehead atoms. The van der Waals surface area contributed by atoms with Crippen LogP contribution in [0.15, 0.2) is 29.3 Å². The number of carbonyl (C=O) groups excluding carboxylic acids is 1. The normalized spacial score (nSPS) is 10.1. The predicted molar refractivity (Wildman–Crippen MR) is 56.2 cm³/mol. The zero-order valence-electron chi connectivity index (χ0n) is 7.82. The zero-order chi connectivity index (χ0) is 10.4. The average Bonchev–Trinajstić information content (AvgIpc) is 2.14. The van der Waals surface area contributed by atoms with Crippen LogP contribution in [0.2, 0.25) is 0 Å². The lowest BCUT2D eigenvalue weighted by Crippen LogP contribution is -2.18. The van der Waals surface area contributed by atoms with Gasteiger partial charge in [-0.25, -0.2) is 10.8 Å². The Kier molecular flexibility index (Phi) is 3.63. The van der Waals surface area contributed by atoms with Crippen LogP contribution in [0.3, 0.4) is 0 Å². The van der Waals surface area contributed by atoms with Gasteiger partial charge in [0.05, 0.1) is 5.69 Å². The summed E-state index contributed by atoms with van der Waals surface area (Å²) in [6.45, 7) is 1.46. The third-order valence-corrected chi connectivity index (χ3v) is 1.45. The molecule has 0 saturated heterocycles. The largest absolute Gasteiger partial charge is 0.326 e. The number of hydrogen-bond donors (Lipinski definition) is 3. The van der Waals surface area contributed by atoms with Gasteiger partial charge in [-0.1, -0.05) is 6.07 Å². The van der Waals surface area contributed by atoms with Crippen LogP contribution in [0, 0.1) is 0 Å². The van der Waals surface area contributed by atoms with E-state index in [9.17, 15) is 4.79 Å². The van der Waals surface area contributed by atoms with Crippen LogP contribution in [0.5, 0.6) is 0 Å². The summed E-state index contributed by atoms with van der Waals surface area (Å²) >= 11 is 0. The molecule has 14 heavy (non-hydrogen) atoms. The van der Waals surface area contributed by atoms with Crippen molar-refractivity contribution in [3.05, 3.63) is 24.3 Å². The second-order valence-electron chi connectivity index (χ2n) is 2.66. The molecule has 0 atom stereocenters. The summed E-state index contributed by atoms with van der Waals surface area (Å²) in [4.78, 5) is 14.7. The summed E-state index contributed by atoms with van der Waals surface area (Å²) in [5.41, 5.74) is 3.73. The van der Waals surface area contributed by atoms with Crippen molar-refractivity contribution in [3.8, 4) is 0 Å². The van der Waals surface area contributed by atoms with Crippen molar-refractivity contribution < 1.29 is 4.79 Å². The summed E-state index contributed by atoms with van der Waals surface area (Å²) in [5.74, 6) is 4.92. The van der Waals surface area contributed by atoms with Crippen LogP contribution in [0.1, 0.15) is 6.92 Å². The fourth-order valence-corrected chi connectivity index (χ4v) is 0.979. The Bertz CT molecular complexity index is 348. The highest BCUT2D eigenvalue weighted by Crippen LogP contribution is 2.16. The van der Waals surface area contributed by atoms with Crippen molar-refractivity contribution in [3.63, 3.8) is 0 Å². The SMILES string of the molecule is CC(=O)Nc1cccc(N=CNN)c1. The highest BCUT2D eigenvalue weighted by molar-refractivity contribution is 5.89. The van der Waals surface area contributed by atoms with Crippen molar-refractivity contribution in [1.82, 2.24) is 5.43 Å². The Morgan fingerprint density at radius 2 is 2.36 bits per heavy atom. The van der Waals surface area contributed by atoms with Crippen LogP contribution in [0.25, 0.3) is 0 Å². The number of hydrogen-bond acceptors (Lipinski definition) is 3. The van der Waals surface area contributed by atoms with E-state index in [0.29, 0.717) is 11.4 Å². The summed E-state index contributed by atoms with van der Waals surface area (Å²) in [6.07, 6.45) is 1.37. The predicted octanol–water partition coefficient (Wildman–Crippen LogP) is 0.768. The van der Waals surface area contributed by atoms with Gasteiger partial charge in [0.25, 0.3) is 0 Å². The van der Waals surface area contributed by atoms with Crippen molar-refractivity contribution in [2.45, 2.75) is 6.92 Å². The highest BCUT2D eigenvalue weighted by Gasteiger charge is 1.95. The van der Waals surface area contributed by atoms with E-state index in [1.165, 1.54) is 13.3 Å². The molecule has 0 spiro atoms. The molecule has 0 unspecified atom stereocenters. The van der Waals surface area contributed by atoms with E-state index in [0.717, 1.165) is 0 Å². The molecular formula is C9H12N4O. The van der Waals surface area contributed by atoms with Gasteiger partial charge in [-0.3, -0.25) is 4.79 Å². The molecule has 0 aliphatic carbocycles. The first-order valence-corrected chi connectivity index (χ1v) is 4.08. The van der Waals surface area contributed by atoms with Gasteiger partial charge < -0.3 is 10.7 Å². The van der Waals surface area contributed by atoms with Gasteiger partial charge in [-0.2, -0.15) is 0 Å². The van der Waals surface area contributed by atoms with Crippen LogP contribution in [0.4, 0.5) is 11.4 Å². The number of amides is 1. The number of aliphatic imine (C=N–C) groups is 1. The molecule has 0 saturated carbocycles. The summed E-state index contributed by atoms with van der Waals surface area (Å²) in [6, 6.07) is 7.14. The fraction of sp³-hybridized carbons (Fsp3) is 0.111. The number of benzene rings is 1. The molecule has 0 fully saturated rings. The minimum atomic E-state index is -0.108. The van der Waals surface area contributed by atoms with Gasteiger partial charge in [0.15, 0.2) is 0 Å². The summed E-state index contributed by atoms with van der Waals surface area (Å²) < 4.78 is 0. The molecule has 1 rings (SSSR count). The lowest BCUT2D eigenvalue weighted by molar-refractivity contribution is -0.114. The average molecular weight is 192 g/mol. The minimum Gasteiger partial charge on any atom is -0.326 e. The maximum absolute atomic E-state index is 10.8. The van der Waals surface area contributed by atoms with Crippen LogP contribution < -0.4 is 16.6 Å². The third kappa shape index (κ3) is 3.24. The van der Waals surface area contributed by atoms with E-state index < -0.39 is 0 Å². The number of nitrogens with zero attached hydrogens (tertiary/aromatic N) is 1. The first-order valence-electron chi connectivity index (χ1n) is 4.08. The molecule has 1 amide bonds. The Labute approximate surface area is 82.0 Å². The monoisotopic (exact) mass is 192 g/mol. The van der Waals surface area contributed by atoms with E-state index in [2.05, 4.69) is 15.7 Å². The van der Waals surface area contributed by atoms with Crippen molar-refractivity contribution in [2.75, 3.05) is 5.32 Å². The topological polar surface area (TPSA) is 79.5 Å². The van der Waals surface area contributed by atoms with E-state index >= 15 is 0 Å². The Hall–Kier alpha value is -1.88. The lowest BCUT2D eigenvalue weighted by atomic mass is 10.3. The van der Waals surface area contributed by atoms with Gasteiger partial charge >= 0.3 is 0 Å². The molecule has 0 heterocycles. The zero-order valence-corrected chi connectivity index (χ0v) is 7.82. The van der Waals surface area contributed by atoms with Crippen LogP contribution in [-0.4, -0.2) is 12.2 Å². The Morgan fingerprint density at radius 1 is 1.57 bits per heavy atom. The van der Waals surface area contributed by atoms with Crippen molar-refractivity contribution >= 4 is 23.6 Å². The van der Waals surface area contributed by atoms with Crippen LogP contribution >= 0.6 is 0 Å². The van der Waals surface area contributed by atoms with E-state index in [1.54, 1.807) is 24.3 Å². The molecule has 5 heteroatoms. The summed E-state index contributed by atoms with van der Waals surface area (Å²) in [7, 11) is 0. The molecule has 1 aromatic rings. The van der Waals surface area contributed by atoms with Crippen molar-refractivity contribution in [1.29, 1.82) is 0 Å². The van der Waals surface area contributed by atoms with Gasteiger partial charge in [0.2, 0.25) is 5.91 Å². The standard InChI is InChI=1S/C9H12N4O/c1-7(14)13-9-4-2-3-8(5-9)11-6-12-10/h2-6H,10H2,1H3,(H,11,12)(H,13,14). The number of nitrogens with one attached hydrogen (secondary N) is 2. The molecule has 0 aromatic heterocycles. The number of rotatable bonds is 3. The molecule has 4 N–H and O–H groups in total. The number of anilines is 1. The van der Waals surface area contributed by atoms with Crippen LogP contribution in [-0.2, 0) is 4.79 Å². The maximum Gasteiger partial charge on any atom is 0.221 e. The Morgan fingerprint density at radius 3 is 3.00 bits per heavy atom. The van der Waals surface area contributed by atoms with Gasteiger partial charge in [-0.15, -0.1) is 0 Å². The first-order chi connectivity index (χ1) is 6.72. The highest BCUT2D eigenvalue weighted by atomic mass is 16.1. The molecule has 0 radical (unpaired) electrons. The van der Waals surface area contributed by atoms with Gasteiger partial charge in [0.1, 0.15) is 6.34 Å². The van der Waals surface area contributed by atoms with E-state index in [-0.39, 0.29) is 5.91 Å². The molecule has 1 aromatic carbocycles. The first kappa shape index (κ1) is 10.2. The lowest BCUT2D eigenvalue weighted by Gasteiger charge is -2.01. The fourth-order valence-electron chi connectivity index (χ4n) is 0.979. The number of nitrogens with two attached hydrogens (primary N) is 1. The van der Waals surface area contributed by atoms with E-state index in [4.69, 9.17) is 5.84 Å². The third-order valence-electron chi connectivity index (χ3n) is 1.45. The Balaban J connectivity index is 2.78. The quantitative estimate of drug-likeness (QED) is 0.286. The second-order valence-corrected chi connectivity index (χ2v) is 2.66. The molecule has 74 valence electrons. The van der Waals surface area contributed by atoms with E-state index in [1.807, 2.05) is 0 Å². The molecule has 0 aliphatic heterocycles. The molecule has 0 aliphatic rings. The van der Waals surface area contributed by atoms with Crippen molar-refractivity contribution in [2.24, 2.45) is 10.8 Å².